The molecule has 0 saturated carbocycles. The lowest BCUT2D eigenvalue weighted by atomic mass is 10.1. The van der Waals surface area contributed by atoms with E-state index in [1.54, 1.807) is 36.4 Å². The summed E-state index contributed by atoms with van der Waals surface area (Å²) < 4.78 is 0. The molecule has 0 aliphatic carbocycles. The second-order valence-electron chi connectivity index (χ2n) is 4.85. The first kappa shape index (κ1) is 16.8. The summed E-state index contributed by atoms with van der Waals surface area (Å²) in [5, 5.41) is 6.07. The van der Waals surface area contributed by atoms with Crippen molar-refractivity contribution in [3.63, 3.8) is 0 Å². The van der Waals surface area contributed by atoms with Crippen molar-refractivity contribution in [3.05, 3.63) is 82.9 Å². The Morgan fingerprint density at radius 2 is 1.65 bits per heavy atom. The lowest BCUT2D eigenvalue weighted by Crippen LogP contribution is -2.25. The van der Waals surface area contributed by atoms with Gasteiger partial charge in [-0.2, -0.15) is 0 Å². The van der Waals surface area contributed by atoms with Gasteiger partial charge in [0.25, 0.3) is 11.8 Å². The van der Waals surface area contributed by atoms with Crippen molar-refractivity contribution in [1.29, 1.82) is 0 Å². The first-order valence-corrected chi connectivity index (χ1v) is 7.50. The highest BCUT2D eigenvalue weighted by atomic mass is 35.5. The highest BCUT2D eigenvalue weighted by Gasteiger charge is 2.10. The zero-order valence-electron chi connectivity index (χ0n) is 12.5. The van der Waals surface area contributed by atoms with Crippen LogP contribution in [0, 0.1) is 0 Å². The van der Waals surface area contributed by atoms with Crippen molar-refractivity contribution in [2.24, 2.45) is 0 Å². The molecule has 2 aromatic rings. The molecule has 0 bridgehead atoms. The van der Waals surface area contributed by atoms with Gasteiger partial charge < -0.3 is 10.6 Å². The average molecular weight is 329 g/mol. The van der Waals surface area contributed by atoms with Crippen LogP contribution in [0.1, 0.15) is 26.3 Å². The van der Waals surface area contributed by atoms with Gasteiger partial charge in [-0.1, -0.05) is 41.9 Å². The largest absolute Gasteiger partial charge is 0.349 e. The fourth-order valence-electron chi connectivity index (χ4n) is 1.99. The number of rotatable bonds is 6. The number of amides is 2. The molecule has 0 aliphatic heterocycles. The summed E-state index contributed by atoms with van der Waals surface area (Å²) in [4.78, 5) is 24.1. The van der Waals surface area contributed by atoms with Crippen LogP contribution in [-0.2, 0) is 6.54 Å². The van der Waals surface area contributed by atoms with Gasteiger partial charge in [-0.25, -0.2) is 0 Å². The van der Waals surface area contributed by atoms with Crippen LogP contribution in [0.5, 0.6) is 0 Å². The summed E-state index contributed by atoms with van der Waals surface area (Å²) in [6.45, 7) is 4.24. The van der Waals surface area contributed by atoms with E-state index < -0.39 is 0 Å². The summed E-state index contributed by atoms with van der Waals surface area (Å²) in [5.41, 5.74) is 1.68. The molecule has 0 spiro atoms. The third kappa shape index (κ3) is 4.69. The molecule has 0 atom stereocenters. The number of hydrogen-bond donors (Lipinski definition) is 2. The van der Waals surface area contributed by atoms with E-state index in [2.05, 4.69) is 17.2 Å². The first-order chi connectivity index (χ1) is 11.1. The second kappa shape index (κ2) is 8.15. The molecule has 0 radical (unpaired) electrons. The minimum atomic E-state index is -0.261. The summed E-state index contributed by atoms with van der Waals surface area (Å²) in [5.74, 6) is -0.506. The molecule has 2 aromatic carbocycles. The van der Waals surface area contributed by atoms with Gasteiger partial charge in [-0.3, -0.25) is 9.59 Å². The van der Waals surface area contributed by atoms with Gasteiger partial charge in [0.15, 0.2) is 0 Å². The normalized spacial score (nSPS) is 9.96. The molecular weight excluding hydrogens is 312 g/mol. The number of benzene rings is 2. The van der Waals surface area contributed by atoms with E-state index in [0.29, 0.717) is 29.2 Å². The van der Waals surface area contributed by atoms with Crippen molar-refractivity contribution in [2.75, 3.05) is 6.54 Å². The Balaban J connectivity index is 2.03. The summed E-state index contributed by atoms with van der Waals surface area (Å²) >= 11 is 6.06. The molecule has 0 heterocycles. The van der Waals surface area contributed by atoms with E-state index in [1.807, 2.05) is 18.2 Å². The van der Waals surface area contributed by atoms with Gasteiger partial charge in [0.1, 0.15) is 0 Å². The molecule has 2 N–H and O–H groups in total. The Morgan fingerprint density at radius 1 is 1.00 bits per heavy atom. The molecule has 118 valence electrons. The van der Waals surface area contributed by atoms with E-state index >= 15 is 0 Å². The van der Waals surface area contributed by atoms with Crippen LogP contribution in [0.2, 0.25) is 5.02 Å². The summed E-state index contributed by atoms with van der Waals surface area (Å²) in [7, 11) is 0. The lowest BCUT2D eigenvalue weighted by molar-refractivity contribution is 0.0951. The molecule has 0 saturated heterocycles. The predicted octanol–water partition coefficient (Wildman–Crippen LogP) is 3.19. The monoisotopic (exact) mass is 328 g/mol. The zero-order valence-corrected chi connectivity index (χ0v) is 13.3. The van der Waals surface area contributed by atoms with Crippen LogP contribution in [0.15, 0.2) is 61.2 Å². The third-order valence-electron chi connectivity index (χ3n) is 3.19. The molecular formula is C18H17ClN2O2. The number of hydrogen-bond acceptors (Lipinski definition) is 2. The number of carbonyl (C=O) groups excluding carboxylic acids is 2. The molecule has 2 rings (SSSR count). The van der Waals surface area contributed by atoms with Crippen LogP contribution in [0.3, 0.4) is 0 Å². The summed E-state index contributed by atoms with van der Waals surface area (Å²) in [6, 6.07) is 13.9. The average Bonchev–Trinajstić information content (AvgIpc) is 2.58. The lowest BCUT2D eigenvalue weighted by Gasteiger charge is -2.08. The molecule has 0 unspecified atom stereocenters. The van der Waals surface area contributed by atoms with Gasteiger partial charge in [0.05, 0.1) is 0 Å². The Kier molecular flexibility index (Phi) is 5.94. The van der Waals surface area contributed by atoms with E-state index in [4.69, 9.17) is 11.6 Å². The first-order valence-electron chi connectivity index (χ1n) is 7.12. The van der Waals surface area contributed by atoms with E-state index in [9.17, 15) is 9.59 Å². The second-order valence-corrected chi connectivity index (χ2v) is 5.26. The minimum Gasteiger partial charge on any atom is -0.349 e. The topological polar surface area (TPSA) is 58.2 Å². The van der Waals surface area contributed by atoms with Gasteiger partial charge in [0, 0.05) is 29.2 Å². The number of halogens is 1. The van der Waals surface area contributed by atoms with Gasteiger partial charge in [-0.15, -0.1) is 6.58 Å². The molecule has 23 heavy (non-hydrogen) atoms. The van der Waals surface area contributed by atoms with E-state index in [0.717, 1.165) is 5.56 Å². The fourth-order valence-corrected chi connectivity index (χ4v) is 2.19. The van der Waals surface area contributed by atoms with E-state index in [-0.39, 0.29) is 11.8 Å². The van der Waals surface area contributed by atoms with Gasteiger partial charge in [-0.05, 0) is 29.8 Å². The van der Waals surface area contributed by atoms with Crippen molar-refractivity contribution < 1.29 is 9.59 Å². The van der Waals surface area contributed by atoms with Crippen LogP contribution in [0.4, 0.5) is 0 Å². The van der Waals surface area contributed by atoms with Crippen LogP contribution in [-0.4, -0.2) is 18.4 Å². The van der Waals surface area contributed by atoms with Crippen LogP contribution < -0.4 is 10.6 Å². The Bertz CT molecular complexity index is 728. The van der Waals surface area contributed by atoms with Crippen molar-refractivity contribution in [3.8, 4) is 0 Å². The van der Waals surface area contributed by atoms with Gasteiger partial charge in [0.2, 0.25) is 0 Å². The van der Waals surface area contributed by atoms with Crippen LogP contribution >= 0.6 is 11.6 Å². The SMILES string of the molecule is C=CCNC(=O)c1cccc(C(=O)NCc2ccccc2Cl)c1. The molecule has 0 aliphatic rings. The molecule has 5 heteroatoms. The summed E-state index contributed by atoms with van der Waals surface area (Å²) in [6.07, 6.45) is 1.60. The maximum absolute atomic E-state index is 12.2. The Labute approximate surface area is 140 Å². The molecule has 0 fully saturated rings. The van der Waals surface area contributed by atoms with Crippen molar-refractivity contribution in [2.45, 2.75) is 6.54 Å². The fraction of sp³-hybridized carbons (Fsp3) is 0.111. The van der Waals surface area contributed by atoms with Crippen LogP contribution in [0.25, 0.3) is 0 Å². The van der Waals surface area contributed by atoms with Crippen molar-refractivity contribution >= 4 is 23.4 Å². The minimum absolute atomic E-state index is 0.245. The molecule has 2 amide bonds. The zero-order chi connectivity index (χ0) is 16.7. The Morgan fingerprint density at radius 3 is 2.30 bits per heavy atom. The highest BCUT2D eigenvalue weighted by molar-refractivity contribution is 6.31. The quantitative estimate of drug-likeness (QED) is 0.800. The maximum atomic E-state index is 12.2. The van der Waals surface area contributed by atoms with Crippen molar-refractivity contribution in [1.82, 2.24) is 10.6 Å². The number of carbonyl (C=O) groups is 2. The highest BCUT2D eigenvalue weighted by Crippen LogP contribution is 2.14. The predicted molar refractivity (Wildman–Crippen MR) is 91.6 cm³/mol. The third-order valence-corrected chi connectivity index (χ3v) is 3.56. The Hall–Kier alpha value is -2.59. The standard InChI is InChI=1S/C18H17ClN2O2/c1-2-10-20-17(22)13-7-5-8-14(11-13)18(23)21-12-15-6-3-4-9-16(15)19/h2-9,11H,1,10,12H2,(H,20,22)(H,21,23). The smallest absolute Gasteiger partial charge is 0.251 e. The maximum Gasteiger partial charge on any atom is 0.251 e. The number of nitrogens with one attached hydrogen (secondary N) is 2. The van der Waals surface area contributed by atoms with E-state index in [1.165, 1.54) is 0 Å². The molecule has 4 nitrogen and oxygen atoms in total. The van der Waals surface area contributed by atoms with Gasteiger partial charge >= 0.3 is 0 Å². The molecule has 0 aromatic heterocycles.